The number of piperidine rings is 1. The number of hydrogen-bond acceptors (Lipinski definition) is 6. The summed E-state index contributed by atoms with van der Waals surface area (Å²) >= 11 is 1.55. The minimum atomic E-state index is -0.297. The fourth-order valence-corrected chi connectivity index (χ4v) is 4.50. The Morgan fingerprint density at radius 3 is 2.78 bits per heavy atom. The number of likely N-dealkylation sites (tertiary alicyclic amines) is 2. The minimum absolute atomic E-state index is 0.00289. The molecule has 0 bridgehead atoms. The second-order valence-electron chi connectivity index (χ2n) is 7.12. The number of carbonyl (C=O) groups excluding carboxylic acids is 2. The Kier molecular flexibility index (Phi) is 5.52. The Morgan fingerprint density at radius 1 is 1.19 bits per heavy atom. The van der Waals surface area contributed by atoms with Crippen LogP contribution in [0.4, 0.5) is 0 Å². The zero-order valence-corrected chi connectivity index (χ0v) is 16.1. The second-order valence-corrected chi connectivity index (χ2v) is 8.07. The number of thiophene rings is 1. The standard InChI is InChI=1S/C19H24N4O3S/c24-17(9-8-16-20-18(21-26-16)15-7-5-13-27-15)23-12-2-1-6-14(23)19(25)22-10-3-4-11-22/h5,7,13-14H,1-4,6,8-12H2/t14-/m1/s1. The quantitative estimate of drug-likeness (QED) is 0.787. The molecule has 1 atom stereocenters. The van der Waals surface area contributed by atoms with Crippen LogP contribution >= 0.6 is 11.3 Å². The van der Waals surface area contributed by atoms with Gasteiger partial charge in [0.05, 0.1) is 4.88 Å². The molecule has 0 spiro atoms. The van der Waals surface area contributed by atoms with Gasteiger partial charge in [-0.2, -0.15) is 4.98 Å². The summed E-state index contributed by atoms with van der Waals surface area (Å²) < 4.78 is 5.28. The number of hydrogen-bond donors (Lipinski definition) is 0. The molecule has 0 saturated carbocycles. The van der Waals surface area contributed by atoms with Crippen molar-refractivity contribution in [1.82, 2.24) is 19.9 Å². The van der Waals surface area contributed by atoms with Gasteiger partial charge in [-0.1, -0.05) is 11.2 Å². The Hall–Kier alpha value is -2.22. The van der Waals surface area contributed by atoms with Crippen LogP contribution in [-0.2, 0) is 16.0 Å². The van der Waals surface area contributed by atoms with Gasteiger partial charge in [0.2, 0.25) is 23.5 Å². The van der Waals surface area contributed by atoms with E-state index in [9.17, 15) is 9.59 Å². The van der Waals surface area contributed by atoms with Crippen LogP contribution in [0.1, 0.15) is 44.4 Å². The summed E-state index contributed by atoms with van der Waals surface area (Å²) in [6, 6.07) is 3.58. The zero-order chi connectivity index (χ0) is 18.6. The van der Waals surface area contributed by atoms with E-state index in [1.54, 1.807) is 16.2 Å². The van der Waals surface area contributed by atoms with Crippen LogP contribution in [0, 0.1) is 0 Å². The summed E-state index contributed by atoms with van der Waals surface area (Å²) in [5, 5.41) is 5.94. The molecular weight excluding hydrogens is 364 g/mol. The van der Waals surface area contributed by atoms with Crippen molar-refractivity contribution in [3.63, 3.8) is 0 Å². The van der Waals surface area contributed by atoms with Crippen molar-refractivity contribution in [2.45, 2.75) is 51.0 Å². The molecular formula is C19H24N4O3S. The topological polar surface area (TPSA) is 79.5 Å². The highest BCUT2D eigenvalue weighted by Crippen LogP contribution is 2.24. The average molecular weight is 388 g/mol. The molecule has 2 aromatic rings. The number of aromatic nitrogens is 2. The molecule has 2 aliphatic heterocycles. The number of amides is 2. The molecule has 0 unspecified atom stereocenters. The predicted octanol–water partition coefficient (Wildman–Crippen LogP) is 2.73. The molecule has 0 aliphatic carbocycles. The second kappa shape index (κ2) is 8.21. The number of nitrogens with zero attached hydrogens (tertiary/aromatic N) is 4. The third-order valence-corrected chi connectivity index (χ3v) is 6.15. The molecule has 2 fully saturated rings. The summed E-state index contributed by atoms with van der Waals surface area (Å²) in [7, 11) is 0. The van der Waals surface area contributed by atoms with E-state index in [2.05, 4.69) is 10.1 Å². The lowest BCUT2D eigenvalue weighted by atomic mass is 10.00. The number of aryl methyl sites for hydroxylation is 1. The van der Waals surface area contributed by atoms with Crippen LogP contribution in [-0.4, -0.2) is 57.4 Å². The van der Waals surface area contributed by atoms with Gasteiger partial charge in [-0.15, -0.1) is 11.3 Å². The highest BCUT2D eigenvalue weighted by Gasteiger charge is 2.35. The van der Waals surface area contributed by atoms with Gasteiger partial charge in [-0.05, 0) is 43.6 Å². The maximum Gasteiger partial charge on any atom is 0.245 e. The van der Waals surface area contributed by atoms with E-state index in [4.69, 9.17) is 4.52 Å². The first-order valence-electron chi connectivity index (χ1n) is 9.67. The molecule has 4 rings (SSSR count). The molecule has 27 heavy (non-hydrogen) atoms. The maximum absolute atomic E-state index is 12.8. The molecule has 8 heteroatoms. The van der Waals surface area contributed by atoms with Gasteiger partial charge in [0.15, 0.2) is 0 Å². The first-order valence-corrected chi connectivity index (χ1v) is 10.5. The molecule has 2 aliphatic rings. The molecule has 7 nitrogen and oxygen atoms in total. The van der Waals surface area contributed by atoms with Gasteiger partial charge in [0.1, 0.15) is 6.04 Å². The van der Waals surface area contributed by atoms with Crippen LogP contribution in [0.3, 0.4) is 0 Å². The fourth-order valence-electron chi connectivity index (χ4n) is 3.85. The Morgan fingerprint density at radius 2 is 2.00 bits per heavy atom. The Balaban J connectivity index is 1.36. The summed E-state index contributed by atoms with van der Waals surface area (Å²) in [6.45, 7) is 2.31. The zero-order valence-electron chi connectivity index (χ0n) is 15.3. The number of rotatable bonds is 5. The molecule has 2 amide bonds. The first-order chi connectivity index (χ1) is 13.2. The Bertz CT molecular complexity index is 783. The monoisotopic (exact) mass is 388 g/mol. The molecule has 0 radical (unpaired) electrons. The van der Waals surface area contributed by atoms with Crippen LogP contribution in [0.25, 0.3) is 10.7 Å². The van der Waals surface area contributed by atoms with Crippen LogP contribution in [0.2, 0.25) is 0 Å². The van der Waals surface area contributed by atoms with Gasteiger partial charge in [-0.25, -0.2) is 0 Å². The normalized spacial score (nSPS) is 20.2. The van der Waals surface area contributed by atoms with Gasteiger partial charge in [0.25, 0.3) is 0 Å². The predicted molar refractivity (Wildman–Crippen MR) is 101 cm³/mol. The SMILES string of the molecule is O=C([C@H]1CCCCN1C(=O)CCc1nc(-c2cccs2)no1)N1CCCC1. The van der Waals surface area contributed by atoms with Gasteiger partial charge in [-0.3, -0.25) is 9.59 Å². The van der Waals surface area contributed by atoms with E-state index >= 15 is 0 Å². The average Bonchev–Trinajstić information content (AvgIpc) is 3.47. The van der Waals surface area contributed by atoms with Crippen LogP contribution in [0.15, 0.2) is 22.0 Å². The van der Waals surface area contributed by atoms with Gasteiger partial charge < -0.3 is 14.3 Å². The van der Waals surface area contributed by atoms with E-state index in [1.165, 1.54) is 0 Å². The molecule has 4 heterocycles. The van der Waals surface area contributed by atoms with Crippen molar-refractivity contribution in [3.05, 3.63) is 23.4 Å². The van der Waals surface area contributed by atoms with Crippen molar-refractivity contribution in [2.24, 2.45) is 0 Å². The van der Waals surface area contributed by atoms with Crippen LogP contribution in [0.5, 0.6) is 0 Å². The highest BCUT2D eigenvalue weighted by molar-refractivity contribution is 7.13. The largest absolute Gasteiger partial charge is 0.341 e. The fraction of sp³-hybridized carbons (Fsp3) is 0.579. The van der Waals surface area contributed by atoms with E-state index in [-0.39, 0.29) is 24.3 Å². The minimum Gasteiger partial charge on any atom is -0.341 e. The third-order valence-electron chi connectivity index (χ3n) is 5.29. The maximum atomic E-state index is 12.8. The lowest BCUT2D eigenvalue weighted by molar-refractivity contribution is -0.147. The van der Waals surface area contributed by atoms with Gasteiger partial charge in [0, 0.05) is 32.5 Å². The highest BCUT2D eigenvalue weighted by atomic mass is 32.1. The van der Waals surface area contributed by atoms with Crippen molar-refractivity contribution in [3.8, 4) is 10.7 Å². The summed E-state index contributed by atoms with van der Waals surface area (Å²) in [6.07, 6.45) is 5.55. The van der Waals surface area contributed by atoms with Crippen molar-refractivity contribution in [2.75, 3.05) is 19.6 Å². The number of carbonyl (C=O) groups is 2. The summed E-state index contributed by atoms with van der Waals surface area (Å²) in [5.41, 5.74) is 0. The van der Waals surface area contributed by atoms with Crippen molar-refractivity contribution < 1.29 is 14.1 Å². The van der Waals surface area contributed by atoms with Gasteiger partial charge >= 0.3 is 0 Å². The van der Waals surface area contributed by atoms with E-state index in [0.717, 1.165) is 50.1 Å². The summed E-state index contributed by atoms with van der Waals surface area (Å²) in [4.78, 5) is 34.6. The van der Waals surface area contributed by atoms with Crippen LogP contribution < -0.4 is 0 Å². The lowest BCUT2D eigenvalue weighted by Gasteiger charge is -2.36. The molecule has 2 aromatic heterocycles. The lowest BCUT2D eigenvalue weighted by Crippen LogP contribution is -2.52. The molecule has 144 valence electrons. The molecule has 2 saturated heterocycles. The van der Waals surface area contributed by atoms with E-state index < -0.39 is 0 Å². The van der Waals surface area contributed by atoms with Crippen molar-refractivity contribution >= 4 is 23.2 Å². The smallest absolute Gasteiger partial charge is 0.245 e. The van der Waals surface area contributed by atoms with Crippen molar-refractivity contribution in [1.29, 1.82) is 0 Å². The van der Waals surface area contributed by atoms with E-state index in [1.807, 2.05) is 22.4 Å². The molecule has 0 aromatic carbocycles. The Labute approximate surface area is 162 Å². The summed E-state index contributed by atoms with van der Waals surface area (Å²) in [5.74, 6) is 1.15. The van der Waals surface area contributed by atoms with E-state index in [0.29, 0.717) is 24.7 Å². The molecule has 0 N–H and O–H groups in total. The first kappa shape index (κ1) is 18.2. The third kappa shape index (κ3) is 4.05.